The number of amides is 1. The van der Waals surface area contributed by atoms with Crippen molar-refractivity contribution >= 4 is 18.0 Å². The summed E-state index contributed by atoms with van der Waals surface area (Å²) in [6.07, 6.45) is 5.32. The van der Waals surface area contributed by atoms with Gasteiger partial charge >= 0.3 is 5.97 Å². The van der Waals surface area contributed by atoms with Gasteiger partial charge in [-0.3, -0.25) is 4.79 Å². The molecule has 5 nitrogen and oxygen atoms in total. The lowest BCUT2D eigenvalue weighted by molar-refractivity contribution is -0.150. The Morgan fingerprint density at radius 1 is 1.38 bits per heavy atom. The van der Waals surface area contributed by atoms with Crippen molar-refractivity contribution in [3.05, 3.63) is 35.9 Å². The number of hydrogen-bond acceptors (Lipinski definition) is 3. The molecule has 1 fully saturated rings. The molecule has 0 spiro atoms. The number of benzene rings is 1. The van der Waals surface area contributed by atoms with Crippen LogP contribution in [0.25, 0.3) is 6.08 Å². The third-order valence-electron chi connectivity index (χ3n) is 3.58. The number of nitrogens with zero attached hydrogens (tertiary/aromatic N) is 1. The van der Waals surface area contributed by atoms with E-state index in [1.165, 1.54) is 11.0 Å². The monoisotopic (exact) mass is 289 g/mol. The van der Waals surface area contributed by atoms with Crippen molar-refractivity contribution in [3.63, 3.8) is 0 Å². The second-order valence-electron chi connectivity index (χ2n) is 4.99. The van der Waals surface area contributed by atoms with Gasteiger partial charge in [0.05, 0.1) is 7.11 Å². The Kier molecular flexibility index (Phi) is 4.98. The van der Waals surface area contributed by atoms with Gasteiger partial charge in [-0.15, -0.1) is 0 Å². The first-order chi connectivity index (χ1) is 10.1. The van der Waals surface area contributed by atoms with Gasteiger partial charge in [-0.25, -0.2) is 4.79 Å². The molecule has 0 aromatic heterocycles. The summed E-state index contributed by atoms with van der Waals surface area (Å²) in [4.78, 5) is 24.8. The van der Waals surface area contributed by atoms with Crippen LogP contribution in [0.3, 0.4) is 0 Å². The van der Waals surface area contributed by atoms with Gasteiger partial charge in [0, 0.05) is 12.6 Å². The van der Waals surface area contributed by atoms with Gasteiger partial charge in [0.25, 0.3) is 0 Å². The summed E-state index contributed by atoms with van der Waals surface area (Å²) < 4.78 is 5.12. The van der Waals surface area contributed by atoms with Crippen molar-refractivity contribution in [1.29, 1.82) is 0 Å². The first-order valence-corrected chi connectivity index (χ1v) is 6.97. The first kappa shape index (κ1) is 15.1. The van der Waals surface area contributed by atoms with Crippen LogP contribution < -0.4 is 4.74 Å². The number of hydrogen-bond donors (Lipinski definition) is 1. The minimum absolute atomic E-state index is 0.259. The van der Waals surface area contributed by atoms with Gasteiger partial charge in [-0.05, 0) is 43.0 Å². The topological polar surface area (TPSA) is 66.8 Å². The molecule has 1 unspecified atom stereocenters. The number of methoxy groups -OCH3 is 1. The fraction of sp³-hybridized carbons (Fsp3) is 0.375. The normalized spacial score (nSPS) is 18.7. The summed E-state index contributed by atoms with van der Waals surface area (Å²) in [5.41, 5.74) is 0.839. The van der Waals surface area contributed by atoms with Crippen molar-refractivity contribution in [2.75, 3.05) is 13.7 Å². The van der Waals surface area contributed by atoms with E-state index in [4.69, 9.17) is 4.74 Å². The Morgan fingerprint density at radius 3 is 2.90 bits per heavy atom. The molecule has 0 aliphatic carbocycles. The highest BCUT2D eigenvalue weighted by Crippen LogP contribution is 2.18. The number of carboxylic acid groups (broad SMARTS) is 1. The van der Waals surface area contributed by atoms with E-state index in [-0.39, 0.29) is 5.91 Å². The standard InChI is InChI=1S/C16H19NO4/c1-21-13-6-4-5-12(11-13)8-9-15(18)17-10-3-2-7-14(17)16(19)20/h4-6,8-9,11,14H,2-3,7,10H2,1H3,(H,19,20). The van der Waals surface area contributed by atoms with Crippen molar-refractivity contribution in [2.24, 2.45) is 0 Å². The lowest BCUT2D eigenvalue weighted by Gasteiger charge is -2.32. The van der Waals surface area contributed by atoms with Crippen LogP contribution >= 0.6 is 0 Å². The van der Waals surface area contributed by atoms with Crippen molar-refractivity contribution < 1.29 is 19.4 Å². The molecule has 0 bridgehead atoms. The van der Waals surface area contributed by atoms with E-state index in [2.05, 4.69) is 0 Å². The third-order valence-corrected chi connectivity index (χ3v) is 3.58. The van der Waals surface area contributed by atoms with E-state index in [0.29, 0.717) is 18.7 Å². The van der Waals surface area contributed by atoms with E-state index < -0.39 is 12.0 Å². The molecule has 1 aromatic carbocycles. The molecule has 1 atom stereocenters. The molecule has 1 heterocycles. The molecule has 2 rings (SSSR count). The Morgan fingerprint density at radius 2 is 2.19 bits per heavy atom. The summed E-state index contributed by atoms with van der Waals surface area (Å²) in [6, 6.07) is 6.63. The molecular weight excluding hydrogens is 270 g/mol. The summed E-state index contributed by atoms with van der Waals surface area (Å²) >= 11 is 0. The molecule has 112 valence electrons. The fourth-order valence-corrected chi connectivity index (χ4v) is 2.46. The minimum Gasteiger partial charge on any atom is -0.497 e. The van der Waals surface area contributed by atoms with Crippen LogP contribution in [0.1, 0.15) is 24.8 Å². The van der Waals surface area contributed by atoms with Gasteiger partial charge in [-0.1, -0.05) is 12.1 Å². The zero-order valence-corrected chi connectivity index (χ0v) is 12.0. The Hall–Kier alpha value is -2.30. The second kappa shape index (κ2) is 6.92. The molecule has 1 aromatic rings. The molecule has 1 aliphatic rings. The van der Waals surface area contributed by atoms with E-state index in [9.17, 15) is 14.7 Å². The maximum Gasteiger partial charge on any atom is 0.326 e. The largest absolute Gasteiger partial charge is 0.497 e. The smallest absolute Gasteiger partial charge is 0.326 e. The number of ether oxygens (including phenoxy) is 1. The number of piperidine rings is 1. The van der Waals surface area contributed by atoms with Crippen molar-refractivity contribution in [2.45, 2.75) is 25.3 Å². The lowest BCUT2D eigenvalue weighted by Crippen LogP contribution is -2.47. The molecule has 1 N–H and O–H groups in total. The summed E-state index contributed by atoms with van der Waals surface area (Å²) in [5.74, 6) is -0.478. The molecule has 0 radical (unpaired) electrons. The van der Waals surface area contributed by atoms with Gasteiger partial charge in [0.15, 0.2) is 0 Å². The number of carboxylic acids is 1. The van der Waals surface area contributed by atoms with Crippen LogP contribution in [0.5, 0.6) is 5.75 Å². The zero-order chi connectivity index (χ0) is 15.2. The van der Waals surface area contributed by atoms with E-state index in [1.54, 1.807) is 13.2 Å². The van der Waals surface area contributed by atoms with Crippen LogP contribution in [0.15, 0.2) is 30.3 Å². The molecule has 1 aliphatic heterocycles. The first-order valence-electron chi connectivity index (χ1n) is 6.97. The van der Waals surface area contributed by atoms with Gasteiger partial charge < -0.3 is 14.7 Å². The van der Waals surface area contributed by atoms with Gasteiger partial charge in [0.2, 0.25) is 5.91 Å². The SMILES string of the molecule is COc1cccc(C=CC(=O)N2CCCCC2C(=O)O)c1. The van der Waals surface area contributed by atoms with Crippen LogP contribution in [0.4, 0.5) is 0 Å². The number of carbonyl (C=O) groups is 2. The summed E-state index contributed by atoms with van der Waals surface area (Å²) in [5, 5.41) is 9.18. The quantitative estimate of drug-likeness (QED) is 0.863. The van der Waals surface area contributed by atoms with Crippen LogP contribution in [-0.4, -0.2) is 41.6 Å². The molecule has 21 heavy (non-hydrogen) atoms. The highest BCUT2D eigenvalue weighted by molar-refractivity contribution is 5.94. The summed E-state index contributed by atoms with van der Waals surface area (Å²) in [7, 11) is 1.58. The second-order valence-corrected chi connectivity index (χ2v) is 4.99. The number of aliphatic carboxylic acids is 1. The van der Waals surface area contributed by atoms with Gasteiger partial charge in [0.1, 0.15) is 11.8 Å². The Labute approximate surface area is 123 Å². The maximum absolute atomic E-state index is 12.2. The van der Waals surface area contributed by atoms with E-state index in [1.807, 2.05) is 24.3 Å². The third kappa shape index (κ3) is 3.84. The predicted octanol–water partition coefficient (Wildman–Crippen LogP) is 2.17. The van der Waals surface area contributed by atoms with E-state index in [0.717, 1.165) is 18.4 Å². The molecular formula is C16H19NO4. The highest BCUT2D eigenvalue weighted by atomic mass is 16.5. The lowest BCUT2D eigenvalue weighted by atomic mass is 10.0. The molecule has 0 saturated carbocycles. The average molecular weight is 289 g/mol. The van der Waals surface area contributed by atoms with Gasteiger partial charge in [-0.2, -0.15) is 0 Å². The van der Waals surface area contributed by atoms with Crippen molar-refractivity contribution in [1.82, 2.24) is 4.90 Å². The average Bonchev–Trinajstić information content (AvgIpc) is 2.52. The zero-order valence-electron chi connectivity index (χ0n) is 12.0. The Balaban J connectivity index is 2.08. The number of likely N-dealkylation sites (tertiary alicyclic amines) is 1. The molecule has 1 saturated heterocycles. The minimum atomic E-state index is -0.933. The number of carbonyl (C=O) groups excluding carboxylic acids is 1. The predicted molar refractivity (Wildman–Crippen MR) is 79.0 cm³/mol. The van der Waals surface area contributed by atoms with Crippen LogP contribution in [0.2, 0.25) is 0 Å². The maximum atomic E-state index is 12.2. The van der Waals surface area contributed by atoms with Crippen molar-refractivity contribution in [3.8, 4) is 5.75 Å². The van der Waals surface area contributed by atoms with Crippen LogP contribution in [0, 0.1) is 0 Å². The Bertz CT molecular complexity index is 553. The molecule has 1 amide bonds. The highest BCUT2D eigenvalue weighted by Gasteiger charge is 2.30. The summed E-state index contributed by atoms with van der Waals surface area (Å²) in [6.45, 7) is 0.498. The van der Waals surface area contributed by atoms with E-state index >= 15 is 0 Å². The number of rotatable bonds is 4. The fourth-order valence-electron chi connectivity index (χ4n) is 2.46. The molecule has 5 heteroatoms. The van der Waals surface area contributed by atoms with Crippen LogP contribution in [-0.2, 0) is 9.59 Å².